The molecule has 0 fully saturated rings. The number of rotatable bonds is 8. The van der Waals surface area contributed by atoms with Crippen molar-refractivity contribution in [1.82, 2.24) is 0 Å². The van der Waals surface area contributed by atoms with Gasteiger partial charge in [0.2, 0.25) is 0 Å². The van der Waals surface area contributed by atoms with Gasteiger partial charge in [0.05, 0.1) is 19.8 Å². The van der Waals surface area contributed by atoms with Crippen molar-refractivity contribution in [2.45, 2.75) is 19.8 Å². The first-order valence-corrected chi connectivity index (χ1v) is 4.42. The van der Waals surface area contributed by atoms with Crippen molar-refractivity contribution in [3.8, 4) is 12.3 Å². The van der Waals surface area contributed by atoms with Gasteiger partial charge in [0.25, 0.3) is 0 Å². The molecule has 0 aromatic heterocycles. The lowest BCUT2D eigenvalue weighted by molar-refractivity contribution is -0.119. The molecule has 0 aromatic carbocycles. The van der Waals surface area contributed by atoms with Crippen LogP contribution >= 0.6 is 0 Å². The number of ether oxygens (including phenoxy) is 2. The minimum Gasteiger partial charge on any atom is -0.379 e. The van der Waals surface area contributed by atoms with Crippen LogP contribution in [-0.2, 0) is 14.3 Å². The van der Waals surface area contributed by atoms with Crippen molar-refractivity contribution in [2.75, 3.05) is 26.4 Å². The molecule has 0 rings (SSSR count). The Labute approximate surface area is 79.4 Å². The Hall–Kier alpha value is -0.850. The summed E-state index contributed by atoms with van der Waals surface area (Å²) in [4.78, 5) is 10.8. The van der Waals surface area contributed by atoms with Crippen LogP contribution in [0.1, 0.15) is 19.8 Å². The van der Waals surface area contributed by atoms with E-state index < -0.39 is 0 Å². The molecule has 74 valence electrons. The van der Waals surface area contributed by atoms with Gasteiger partial charge in [0.1, 0.15) is 12.4 Å². The maximum absolute atomic E-state index is 10.8. The van der Waals surface area contributed by atoms with Crippen LogP contribution in [0.15, 0.2) is 0 Å². The van der Waals surface area contributed by atoms with E-state index in [9.17, 15) is 4.79 Å². The van der Waals surface area contributed by atoms with Crippen molar-refractivity contribution in [3.63, 3.8) is 0 Å². The predicted molar refractivity (Wildman–Crippen MR) is 50.4 cm³/mol. The van der Waals surface area contributed by atoms with Crippen LogP contribution in [0.2, 0.25) is 0 Å². The van der Waals surface area contributed by atoms with Crippen LogP contribution in [0.3, 0.4) is 0 Å². The molecular weight excluding hydrogens is 168 g/mol. The zero-order valence-electron chi connectivity index (χ0n) is 8.04. The summed E-state index contributed by atoms with van der Waals surface area (Å²) < 4.78 is 10.1. The Bertz CT molecular complexity index is 169. The summed E-state index contributed by atoms with van der Waals surface area (Å²) in [7, 11) is 0. The van der Waals surface area contributed by atoms with Crippen LogP contribution in [0, 0.1) is 12.3 Å². The number of hydrogen-bond acceptors (Lipinski definition) is 3. The molecule has 0 aromatic rings. The fourth-order valence-electron chi connectivity index (χ4n) is 0.714. The molecule has 0 atom stereocenters. The zero-order valence-corrected chi connectivity index (χ0v) is 8.04. The van der Waals surface area contributed by atoms with E-state index in [1.54, 1.807) is 0 Å². The van der Waals surface area contributed by atoms with Gasteiger partial charge in [-0.05, 0) is 0 Å². The number of hydrogen-bond donors (Lipinski definition) is 0. The van der Waals surface area contributed by atoms with Crippen LogP contribution in [0.4, 0.5) is 0 Å². The Morgan fingerprint density at radius 3 is 2.62 bits per heavy atom. The minimum absolute atomic E-state index is 0.226. The minimum atomic E-state index is 0.226. The number of terminal acetylenes is 1. The summed E-state index contributed by atoms with van der Waals surface area (Å²) in [6.07, 6.45) is 6.04. The maximum Gasteiger partial charge on any atom is 0.134 e. The molecule has 0 radical (unpaired) electrons. The van der Waals surface area contributed by atoms with Gasteiger partial charge in [-0.2, -0.15) is 0 Å². The lowest BCUT2D eigenvalue weighted by Crippen LogP contribution is -2.08. The zero-order chi connectivity index (χ0) is 9.94. The van der Waals surface area contributed by atoms with Gasteiger partial charge in [-0.25, -0.2) is 0 Å². The molecule has 0 amide bonds. The third kappa shape index (κ3) is 9.06. The average Bonchev–Trinajstić information content (AvgIpc) is 2.16. The van der Waals surface area contributed by atoms with Crippen molar-refractivity contribution in [1.29, 1.82) is 0 Å². The van der Waals surface area contributed by atoms with Gasteiger partial charge in [-0.15, -0.1) is 6.42 Å². The second-order valence-electron chi connectivity index (χ2n) is 2.51. The SMILES string of the molecule is C#CCOCCOCCC(=O)CC. The molecule has 0 saturated heterocycles. The number of carbonyl (C=O) groups excluding carboxylic acids is 1. The molecule has 0 bridgehead atoms. The van der Waals surface area contributed by atoms with E-state index in [0.29, 0.717) is 39.3 Å². The molecule has 3 nitrogen and oxygen atoms in total. The van der Waals surface area contributed by atoms with Gasteiger partial charge < -0.3 is 9.47 Å². The lowest BCUT2D eigenvalue weighted by atomic mass is 10.2. The summed E-state index contributed by atoms with van der Waals surface area (Å²) in [6, 6.07) is 0. The van der Waals surface area contributed by atoms with Gasteiger partial charge in [0.15, 0.2) is 0 Å². The summed E-state index contributed by atoms with van der Waals surface area (Å²) in [5, 5.41) is 0. The quantitative estimate of drug-likeness (QED) is 0.417. The molecule has 13 heavy (non-hydrogen) atoms. The highest BCUT2D eigenvalue weighted by Gasteiger charge is 1.96. The third-order valence-electron chi connectivity index (χ3n) is 1.48. The second-order valence-corrected chi connectivity index (χ2v) is 2.51. The highest BCUT2D eigenvalue weighted by Crippen LogP contribution is 1.89. The van der Waals surface area contributed by atoms with E-state index in [1.165, 1.54) is 0 Å². The molecule has 0 aliphatic rings. The Kier molecular flexibility index (Phi) is 8.64. The topological polar surface area (TPSA) is 35.5 Å². The van der Waals surface area contributed by atoms with Gasteiger partial charge >= 0.3 is 0 Å². The lowest BCUT2D eigenvalue weighted by Gasteiger charge is -2.02. The van der Waals surface area contributed by atoms with Crippen molar-refractivity contribution < 1.29 is 14.3 Å². The summed E-state index contributed by atoms with van der Waals surface area (Å²) >= 11 is 0. The first-order chi connectivity index (χ1) is 6.31. The van der Waals surface area contributed by atoms with Crippen molar-refractivity contribution in [2.24, 2.45) is 0 Å². The number of carbonyl (C=O) groups is 1. The van der Waals surface area contributed by atoms with E-state index in [0.717, 1.165) is 0 Å². The monoisotopic (exact) mass is 184 g/mol. The van der Waals surface area contributed by atoms with E-state index in [1.807, 2.05) is 6.92 Å². The molecule has 0 unspecified atom stereocenters. The van der Waals surface area contributed by atoms with Gasteiger partial charge in [-0.1, -0.05) is 12.8 Å². The molecule has 0 aliphatic carbocycles. The van der Waals surface area contributed by atoms with Crippen LogP contribution in [-0.4, -0.2) is 32.2 Å². The second kappa shape index (κ2) is 9.24. The highest BCUT2D eigenvalue weighted by molar-refractivity contribution is 5.78. The molecule has 0 heterocycles. The van der Waals surface area contributed by atoms with Crippen LogP contribution in [0.5, 0.6) is 0 Å². The fourth-order valence-corrected chi connectivity index (χ4v) is 0.714. The summed E-state index contributed by atoms with van der Waals surface area (Å²) in [5.74, 6) is 2.58. The predicted octanol–water partition coefficient (Wildman–Crippen LogP) is 1.02. The maximum atomic E-state index is 10.8. The van der Waals surface area contributed by atoms with Gasteiger partial charge in [-0.3, -0.25) is 4.79 Å². The average molecular weight is 184 g/mol. The number of Topliss-reactive ketones (excluding diaryl/α,β-unsaturated/α-hetero) is 1. The molecule has 0 aliphatic heterocycles. The van der Waals surface area contributed by atoms with E-state index in [-0.39, 0.29) is 5.78 Å². The molecule has 0 N–H and O–H groups in total. The normalized spacial score (nSPS) is 9.54. The summed E-state index contributed by atoms with van der Waals surface area (Å²) in [6.45, 7) is 3.63. The Morgan fingerprint density at radius 2 is 2.00 bits per heavy atom. The highest BCUT2D eigenvalue weighted by atomic mass is 16.5. The molecule has 0 saturated carbocycles. The fraction of sp³-hybridized carbons (Fsp3) is 0.700. The van der Waals surface area contributed by atoms with E-state index >= 15 is 0 Å². The largest absolute Gasteiger partial charge is 0.379 e. The summed E-state index contributed by atoms with van der Waals surface area (Å²) in [5.41, 5.74) is 0. The Morgan fingerprint density at radius 1 is 1.31 bits per heavy atom. The standard InChI is InChI=1S/C10H16O3/c1-3-6-12-8-9-13-7-5-10(11)4-2/h1H,4-9H2,2H3. The van der Waals surface area contributed by atoms with E-state index in [2.05, 4.69) is 5.92 Å². The first kappa shape index (κ1) is 12.2. The first-order valence-electron chi connectivity index (χ1n) is 4.42. The van der Waals surface area contributed by atoms with Crippen molar-refractivity contribution >= 4 is 5.78 Å². The number of ketones is 1. The molecule has 0 spiro atoms. The smallest absolute Gasteiger partial charge is 0.134 e. The third-order valence-corrected chi connectivity index (χ3v) is 1.48. The molecule has 3 heteroatoms. The van der Waals surface area contributed by atoms with Crippen LogP contribution < -0.4 is 0 Å². The Balaban J connectivity index is 3.00. The molecular formula is C10H16O3. The van der Waals surface area contributed by atoms with Gasteiger partial charge in [0, 0.05) is 12.8 Å². The van der Waals surface area contributed by atoms with Crippen molar-refractivity contribution in [3.05, 3.63) is 0 Å². The van der Waals surface area contributed by atoms with E-state index in [4.69, 9.17) is 15.9 Å². The van der Waals surface area contributed by atoms with Crippen LogP contribution in [0.25, 0.3) is 0 Å².